The summed E-state index contributed by atoms with van der Waals surface area (Å²) in [6.45, 7) is 5.58. The smallest absolute Gasteiger partial charge is 0.404 e. The molecule has 0 aliphatic rings. The van der Waals surface area contributed by atoms with Crippen LogP contribution in [-0.4, -0.2) is 29.0 Å². The lowest BCUT2D eigenvalue weighted by Crippen LogP contribution is -2.23. The van der Waals surface area contributed by atoms with Crippen LogP contribution in [0.2, 0.25) is 0 Å². The molecular weight excluding hydrogens is 208 g/mol. The molecule has 0 saturated heterocycles. The summed E-state index contributed by atoms with van der Waals surface area (Å²) >= 11 is 0. The van der Waals surface area contributed by atoms with Gasteiger partial charge in [0.1, 0.15) is 6.61 Å². The van der Waals surface area contributed by atoms with E-state index >= 15 is 0 Å². The molecule has 1 amide bonds. The highest BCUT2D eigenvalue weighted by Gasteiger charge is 2.08. The Morgan fingerprint density at radius 2 is 2.25 bits per heavy atom. The zero-order chi connectivity index (χ0) is 12.1. The summed E-state index contributed by atoms with van der Waals surface area (Å²) in [6, 6.07) is 0. The van der Waals surface area contributed by atoms with E-state index in [4.69, 9.17) is 5.73 Å². The number of hydrogen-bond donors (Lipinski definition) is 2. The number of carbonyl (C=O) groups is 1. The third-order valence-electron chi connectivity index (χ3n) is 2.48. The molecule has 0 atom stereocenters. The lowest BCUT2D eigenvalue weighted by Gasteiger charge is -2.05. The van der Waals surface area contributed by atoms with E-state index in [0.717, 1.165) is 11.4 Å². The zero-order valence-corrected chi connectivity index (χ0v) is 9.91. The van der Waals surface area contributed by atoms with Crippen LogP contribution in [-0.2, 0) is 18.3 Å². The van der Waals surface area contributed by atoms with Crippen molar-refractivity contribution in [3.8, 4) is 0 Å². The summed E-state index contributed by atoms with van der Waals surface area (Å²) in [7, 11) is 1.92. The molecule has 0 spiro atoms. The molecule has 0 bridgehead atoms. The Labute approximate surface area is 94.8 Å². The van der Waals surface area contributed by atoms with Crippen molar-refractivity contribution in [1.29, 1.82) is 0 Å². The van der Waals surface area contributed by atoms with Crippen molar-refractivity contribution in [3.05, 3.63) is 17.0 Å². The molecule has 0 aromatic carbocycles. The monoisotopic (exact) mass is 226 g/mol. The normalized spacial score (nSPS) is 10.4. The number of hydrogen-bond acceptors (Lipinski definition) is 4. The number of aryl methyl sites for hydroxylation is 2. The van der Waals surface area contributed by atoms with E-state index in [1.165, 1.54) is 5.56 Å². The quantitative estimate of drug-likeness (QED) is 0.704. The zero-order valence-electron chi connectivity index (χ0n) is 9.91. The topological polar surface area (TPSA) is 82.2 Å². The molecule has 1 aromatic rings. The molecule has 6 nitrogen and oxygen atoms in total. The predicted molar refractivity (Wildman–Crippen MR) is 59.9 cm³/mol. The first-order valence-electron chi connectivity index (χ1n) is 5.14. The van der Waals surface area contributed by atoms with E-state index in [0.29, 0.717) is 13.1 Å². The molecule has 0 aliphatic carbocycles. The maximum Gasteiger partial charge on any atom is 0.404 e. The van der Waals surface area contributed by atoms with Crippen LogP contribution in [0.25, 0.3) is 0 Å². The minimum Gasteiger partial charge on any atom is -0.448 e. The Balaban J connectivity index is 2.34. The molecule has 0 fully saturated rings. The fraction of sp³-hybridized carbons (Fsp3) is 0.600. The minimum atomic E-state index is -0.740. The Bertz CT molecular complexity index is 373. The van der Waals surface area contributed by atoms with Crippen molar-refractivity contribution in [1.82, 2.24) is 15.1 Å². The molecule has 1 rings (SSSR count). The first kappa shape index (κ1) is 12.5. The highest BCUT2D eigenvalue weighted by molar-refractivity contribution is 5.64. The maximum atomic E-state index is 10.3. The third kappa shape index (κ3) is 3.23. The summed E-state index contributed by atoms with van der Waals surface area (Å²) in [5.41, 5.74) is 8.17. The van der Waals surface area contributed by atoms with Gasteiger partial charge in [0.2, 0.25) is 0 Å². The molecule has 0 radical (unpaired) electrons. The van der Waals surface area contributed by atoms with Crippen LogP contribution in [0.5, 0.6) is 0 Å². The summed E-state index contributed by atoms with van der Waals surface area (Å²) in [4.78, 5) is 10.3. The first-order chi connectivity index (χ1) is 7.52. The van der Waals surface area contributed by atoms with Crippen molar-refractivity contribution in [2.45, 2.75) is 20.4 Å². The van der Waals surface area contributed by atoms with Crippen molar-refractivity contribution in [3.63, 3.8) is 0 Å². The number of nitrogens with one attached hydrogen (secondary N) is 1. The van der Waals surface area contributed by atoms with Crippen LogP contribution < -0.4 is 11.1 Å². The second-order valence-corrected chi connectivity index (χ2v) is 3.62. The third-order valence-corrected chi connectivity index (χ3v) is 2.48. The lowest BCUT2D eigenvalue weighted by molar-refractivity contribution is 0.157. The number of aromatic nitrogens is 2. The van der Waals surface area contributed by atoms with Crippen LogP contribution >= 0.6 is 0 Å². The second-order valence-electron chi connectivity index (χ2n) is 3.62. The van der Waals surface area contributed by atoms with Crippen molar-refractivity contribution in [2.24, 2.45) is 12.8 Å². The van der Waals surface area contributed by atoms with Crippen molar-refractivity contribution in [2.75, 3.05) is 13.2 Å². The number of primary amides is 1. The number of ether oxygens (including phenoxy) is 1. The van der Waals surface area contributed by atoms with Gasteiger partial charge in [-0.2, -0.15) is 5.10 Å². The van der Waals surface area contributed by atoms with Gasteiger partial charge in [-0.3, -0.25) is 4.68 Å². The fourth-order valence-corrected chi connectivity index (χ4v) is 1.51. The lowest BCUT2D eigenvalue weighted by atomic mass is 10.2. The highest BCUT2D eigenvalue weighted by Crippen LogP contribution is 2.10. The van der Waals surface area contributed by atoms with Gasteiger partial charge in [-0.1, -0.05) is 0 Å². The van der Waals surface area contributed by atoms with E-state index in [1.54, 1.807) is 0 Å². The Hall–Kier alpha value is -1.56. The summed E-state index contributed by atoms with van der Waals surface area (Å²) in [6.07, 6.45) is -0.740. The van der Waals surface area contributed by atoms with Gasteiger partial charge >= 0.3 is 6.09 Å². The predicted octanol–water partition coefficient (Wildman–Crippen LogP) is 0.222. The van der Waals surface area contributed by atoms with Gasteiger partial charge in [0.25, 0.3) is 0 Å². The molecular formula is C10H18N4O2. The second kappa shape index (κ2) is 5.50. The van der Waals surface area contributed by atoms with E-state index in [-0.39, 0.29) is 6.61 Å². The number of rotatable bonds is 5. The average molecular weight is 226 g/mol. The SMILES string of the molecule is Cc1nn(C)c(C)c1CNCCOC(N)=O. The Morgan fingerprint density at radius 3 is 2.75 bits per heavy atom. The largest absolute Gasteiger partial charge is 0.448 e. The molecule has 0 saturated carbocycles. The van der Waals surface area contributed by atoms with Gasteiger partial charge in [-0.15, -0.1) is 0 Å². The molecule has 90 valence electrons. The molecule has 0 aliphatic heterocycles. The van der Waals surface area contributed by atoms with E-state index in [2.05, 4.69) is 15.2 Å². The van der Waals surface area contributed by atoms with E-state index < -0.39 is 6.09 Å². The molecule has 1 aromatic heterocycles. The Kier molecular flexibility index (Phi) is 4.30. The van der Waals surface area contributed by atoms with Crippen molar-refractivity contribution >= 4 is 6.09 Å². The summed E-state index contributed by atoms with van der Waals surface area (Å²) < 4.78 is 6.45. The van der Waals surface area contributed by atoms with Crippen LogP contribution in [0, 0.1) is 13.8 Å². The Morgan fingerprint density at radius 1 is 1.56 bits per heavy atom. The van der Waals surface area contributed by atoms with Crippen LogP contribution in [0.4, 0.5) is 4.79 Å². The number of amides is 1. The first-order valence-corrected chi connectivity index (χ1v) is 5.14. The average Bonchev–Trinajstić information content (AvgIpc) is 2.43. The van der Waals surface area contributed by atoms with Gasteiger partial charge < -0.3 is 15.8 Å². The highest BCUT2D eigenvalue weighted by atomic mass is 16.5. The van der Waals surface area contributed by atoms with Gasteiger partial charge in [-0.05, 0) is 13.8 Å². The van der Waals surface area contributed by atoms with Crippen molar-refractivity contribution < 1.29 is 9.53 Å². The molecule has 6 heteroatoms. The van der Waals surface area contributed by atoms with Gasteiger partial charge in [0.05, 0.1) is 5.69 Å². The summed E-state index contributed by atoms with van der Waals surface area (Å²) in [5, 5.41) is 7.47. The van der Waals surface area contributed by atoms with Crippen LogP contribution in [0.1, 0.15) is 17.0 Å². The molecule has 1 heterocycles. The van der Waals surface area contributed by atoms with Crippen LogP contribution in [0.3, 0.4) is 0 Å². The van der Waals surface area contributed by atoms with Gasteiger partial charge in [0.15, 0.2) is 0 Å². The van der Waals surface area contributed by atoms with E-state index in [1.807, 2.05) is 25.6 Å². The molecule has 0 unspecified atom stereocenters. The maximum absolute atomic E-state index is 10.3. The number of nitrogens with zero attached hydrogens (tertiary/aromatic N) is 2. The van der Waals surface area contributed by atoms with E-state index in [9.17, 15) is 4.79 Å². The fourth-order valence-electron chi connectivity index (χ4n) is 1.51. The number of carbonyl (C=O) groups excluding carboxylic acids is 1. The van der Waals surface area contributed by atoms with Gasteiger partial charge in [-0.25, -0.2) is 4.79 Å². The number of nitrogens with two attached hydrogens (primary N) is 1. The standard InChI is InChI=1S/C10H18N4O2/c1-7-9(8(2)14(3)13-7)6-12-4-5-16-10(11)15/h12H,4-6H2,1-3H3,(H2,11,15). The van der Waals surface area contributed by atoms with Gasteiger partial charge in [0, 0.05) is 31.4 Å². The van der Waals surface area contributed by atoms with Crippen LogP contribution in [0.15, 0.2) is 0 Å². The minimum absolute atomic E-state index is 0.285. The summed E-state index contributed by atoms with van der Waals surface area (Å²) in [5.74, 6) is 0. The molecule has 16 heavy (non-hydrogen) atoms. The molecule has 3 N–H and O–H groups in total.